The lowest BCUT2D eigenvalue weighted by Gasteiger charge is -2.33. The smallest absolute Gasteiger partial charge is 0.264 e. The van der Waals surface area contributed by atoms with Crippen molar-refractivity contribution in [2.45, 2.75) is 57.6 Å². The zero-order valence-corrected chi connectivity index (χ0v) is 24.9. The number of nitrogens with one attached hydrogen (secondary N) is 1. The van der Waals surface area contributed by atoms with Crippen molar-refractivity contribution in [3.63, 3.8) is 0 Å². The number of hydrogen-bond acceptors (Lipinski definition) is 4. The predicted octanol–water partition coefficient (Wildman–Crippen LogP) is 5.83. The van der Waals surface area contributed by atoms with E-state index in [2.05, 4.69) is 5.32 Å². The molecule has 0 saturated carbocycles. The van der Waals surface area contributed by atoms with Crippen molar-refractivity contribution in [2.24, 2.45) is 0 Å². The standard InChI is InChI=1S/C29H33Cl2N3O4S/c1-20-14-16-23(17-15-20)39(37,38)34(26-13-9-8-12-25(26)31)19-27(35)33(18-22-10-6-7-11-24(22)30)21(2)28(36)32-29(3,4)5/h6-17,21H,18-19H2,1-5H3,(H,32,36)/t21-/m0/s1. The van der Waals surface area contributed by atoms with Crippen molar-refractivity contribution >= 4 is 50.7 Å². The summed E-state index contributed by atoms with van der Waals surface area (Å²) in [7, 11) is -4.20. The Morgan fingerprint density at radius 1 is 0.897 bits per heavy atom. The molecule has 0 heterocycles. The van der Waals surface area contributed by atoms with Crippen molar-refractivity contribution in [3.05, 3.63) is 94.0 Å². The molecule has 0 fully saturated rings. The summed E-state index contributed by atoms with van der Waals surface area (Å²) < 4.78 is 28.7. The molecule has 3 aromatic rings. The molecule has 0 radical (unpaired) electrons. The molecule has 0 aromatic heterocycles. The number of sulfonamides is 1. The molecule has 3 rings (SSSR count). The van der Waals surface area contributed by atoms with Crippen LogP contribution in [0.2, 0.25) is 10.0 Å². The first-order valence-electron chi connectivity index (χ1n) is 12.4. The molecule has 39 heavy (non-hydrogen) atoms. The van der Waals surface area contributed by atoms with Crippen LogP contribution in [0.5, 0.6) is 0 Å². The van der Waals surface area contributed by atoms with Gasteiger partial charge >= 0.3 is 0 Å². The van der Waals surface area contributed by atoms with Crippen LogP contribution in [0.3, 0.4) is 0 Å². The molecule has 3 aromatic carbocycles. The van der Waals surface area contributed by atoms with Gasteiger partial charge in [-0.1, -0.05) is 71.2 Å². The number of benzene rings is 3. The largest absolute Gasteiger partial charge is 0.350 e. The normalized spacial score (nSPS) is 12.5. The van der Waals surface area contributed by atoms with Crippen LogP contribution >= 0.6 is 23.2 Å². The second kappa shape index (κ2) is 12.4. The highest BCUT2D eigenvalue weighted by Gasteiger charge is 2.34. The summed E-state index contributed by atoms with van der Waals surface area (Å²) in [5.74, 6) is -0.976. The van der Waals surface area contributed by atoms with Gasteiger partial charge in [0.25, 0.3) is 10.0 Å². The third-order valence-corrected chi connectivity index (χ3v) is 8.44. The van der Waals surface area contributed by atoms with Crippen LogP contribution in [-0.2, 0) is 26.2 Å². The molecule has 10 heteroatoms. The minimum absolute atomic E-state index is 0.00181. The van der Waals surface area contributed by atoms with Gasteiger partial charge in [0, 0.05) is 17.1 Å². The topological polar surface area (TPSA) is 86.8 Å². The maximum absolute atomic E-state index is 14.0. The summed E-state index contributed by atoms with van der Waals surface area (Å²) >= 11 is 12.8. The monoisotopic (exact) mass is 589 g/mol. The quantitative estimate of drug-likeness (QED) is 0.340. The Kier molecular flexibility index (Phi) is 9.69. The van der Waals surface area contributed by atoms with Gasteiger partial charge in [0.2, 0.25) is 11.8 Å². The maximum atomic E-state index is 14.0. The summed E-state index contributed by atoms with van der Waals surface area (Å²) in [6, 6.07) is 18.8. The number of para-hydroxylation sites is 1. The first kappa shape index (κ1) is 30.5. The Bertz CT molecular complexity index is 1440. The third-order valence-electron chi connectivity index (χ3n) is 5.97. The number of aryl methyl sites for hydroxylation is 1. The summed E-state index contributed by atoms with van der Waals surface area (Å²) in [5.41, 5.74) is 1.12. The predicted molar refractivity (Wildman–Crippen MR) is 157 cm³/mol. The minimum Gasteiger partial charge on any atom is -0.350 e. The number of halogens is 2. The molecule has 0 saturated heterocycles. The highest BCUT2D eigenvalue weighted by Crippen LogP contribution is 2.31. The van der Waals surface area contributed by atoms with E-state index < -0.39 is 34.1 Å². The van der Waals surface area contributed by atoms with Gasteiger partial charge < -0.3 is 10.2 Å². The zero-order valence-electron chi connectivity index (χ0n) is 22.6. The number of hydrogen-bond donors (Lipinski definition) is 1. The Morgan fingerprint density at radius 3 is 2.03 bits per heavy atom. The number of anilines is 1. The Balaban J connectivity index is 2.06. The van der Waals surface area contributed by atoms with Gasteiger partial charge in [0.15, 0.2) is 0 Å². The van der Waals surface area contributed by atoms with Crippen LogP contribution in [0, 0.1) is 6.92 Å². The lowest BCUT2D eigenvalue weighted by atomic mass is 10.1. The van der Waals surface area contributed by atoms with Gasteiger partial charge in [-0.2, -0.15) is 0 Å². The zero-order chi connectivity index (χ0) is 29.0. The molecular weight excluding hydrogens is 557 g/mol. The van der Waals surface area contributed by atoms with Gasteiger partial charge in [0.1, 0.15) is 12.6 Å². The van der Waals surface area contributed by atoms with Crippen LogP contribution in [0.15, 0.2) is 77.7 Å². The summed E-state index contributed by atoms with van der Waals surface area (Å²) in [5, 5.41) is 3.48. The molecule has 7 nitrogen and oxygen atoms in total. The van der Waals surface area contributed by atoms with Crippen LogP contribution in [-0.4, -0.2) is 43.3 Å². The SMILES string of the molecule is Cc1ccc(S(=O)(=O)N(CC(=O)N(Cc2ccccc2Cl)[C@@H](C)C(=O)NC(C)(C)C)c2ccccc2Cl)cc1. The second-order valence-corrected chi connectivity index (χ2v) is 13.0. The number of nitrogens with zero attached hydrogens (tertiary/aromatic N) is 2. The molecule has 1 atom stereocenters. The first-order chi connectivity index (χ1) is 18.2. The average Bonchev–Trinajstić information content (AvgIpc) is 2.86. The van der Waals surface area contributed by atoms with Crippen molar-refractivity contribution < 1.29 is 18.0 Å². The minimum atomic E-state index is -4.20. The molecule has 0 aliphatic heterocycles. The number of rotatable bonds is 9. The molecule has 1 N–H and O–H groups in total. The van der Waals surface area contributed by atoms with E-state index in [0.29, 0.717) is 10.6 Å². The van der Waals surface area contributed by atoms with E-state index >= 15 is 0 Å². The molecule has 0 spiro atoms. The van der Waals surface area contributed by atoms with E-state index in [4.69, 9.17) is 23.2 Å². The number of amides is 2. The summed E-state index contributed by atoms with van der Waals surface area (Å²) in [6.07, 6.45) is 0. The highest BCUT2D eigenvalue weighted by molar-refractivity contribution is 7.92. The lowest BCUT2D eigenvalue weighted by molar-refractivity contribution is -0.140. The van der Waals surface area contributed by atoms with Crippen molar-refractivity contribution in [3.8, 4) is 0 Å². The fraction of sp³-hybridized carbons (Fsp3) is 0.310. The van der Waals surface area contributed by atoms with E-state index in [1.54, 1.807) is 61.5 Å². The molecule has 0 aliphatic carbocycles. The maximum Gasteiger partial charge on any atom is 0.264 e. The summed E-state index contributed by atoms with van der Waals surface area (Å²) in [4.78, 5) is 28.4. The van der Waals surface area contributed by atoms with Gasteiger partial charge in [-0.15, -0.1) is 0 Å². The molecule has 2 amide bonds. The molecule has 0 unspecified atom stereocenters. The molecular formula is C29H33Cl2N3O4S. The van der Waals surface area contributed by atoms with E-state index in [9.17, 15) is 18.0 Å². The average molecular weight is 591 g/mol. The number of carbonyl (C=O) groups excluding carboxylic acids is 2. The van der Waals surface area contributed by atoms with E-state index in [0.717, 1.165) is 9.87 Å². The number of carbonyl (C=O) groups is 2. The Morgan fingerprint density at radius 2 is 1.46 bits per heavy atom. The highest BCUT2D eigenvalue weighted by atomic mass is 35.5. The van der Waals surface area contributed by atoms with Gasteiger partial charge in [-0.25, -0.2) is 8.42 Å². The second-order valence-electron chi connectivity index (χ2n) is 10.3. The third kappa shape index (κ3) is 7.75. The molecule has 0 aliphatic rings. The van der Waals surface area contributed by atoms with Crippen LogP contribution < -0.4 is 9.62 Å². The van der Waals surface area contributed by atoms with E-state index in [1.807, 2.05) is 27.7 Å². The van der Waals surface area contributed by atoms with Crippen molar-refractivity contribution in [1.29, 1.82) is 0 Å². The first-order valence-corrected chi connectivity index (χ1v) is 14.6. The van der Waals surface area contributed by atoms with Crippen LogP contribution in [0.4, 0.5) is 5.69 Å². The fourth-order valence-electron chi connectivity index (χ4n) is 3.87. The molecule has 0 bridgehead atoms. The van der Waals surface area contributed by atoms with Gasteiger partial charge in [-0.3, -0.25) is 13.9 Å². The van der Waals surface area contributed by atoms with Gasteiger partial charge in [-0.05, 0) is 70.5 Å². The van der Waals surface area contributed by atoms with Crippen LogP contribution in [0.25, 0.3) is 0 Å². The Hall–Kier alpha value is -3.07. The van der Waals surface area contributed by atoms with E-state index in [-0.39, 0.29) is 28.1 Å². The van der Waals surface area contributed by atoms with Gasteiger partial charge in [0.05, 0.1) is 15.6 Å². The van der Waals surface area contributed by atoms with Crippen LogP contribution in [0.1, 0.15) is 38.8 Å². The molecule has 208 valence electrons. The summed E-state index contributed by atoms with van der Waals surface area (Å²) in [6.45, 7) is 8.38. The van der Waals surface area contributed by atoms with E-state index in [1.165, 1.54) is 23.1 Å². The lowest BCUT2D eigenvalue weighted by Crippen LogP contribution is -2.54. The Labute approximate surface area is 240 Å². The van der Waals surface area contributed by atoms with Crippen molar-refractivity contribution in [2.75, 3.05) is 10.8 Å². The fourth-order valence-corrected chi connectivity index (χ4v) is 5.79. The van der Waals surface area contributed by atoms with Crippen molar-refractivity contribution in [1.82, 2.24) is 10.2 Å².